The number of ether oxygens (including phenoxy) is 2. The average molecular weight is 334 g/mol. The van der Waals surface area contributed by atoms with Crippen LogP contribution in [0.25, 0.3) is 16.5 Å². The molecule has 0 bridgehead atoms. The normalized spacial score (nSPS) is 13.1. The first kappa shape index (κ1) is 15.3. The Bertz CT molecular complexity index is 988. The maximum atomic E-state index is 5.42. The van der Waals surface area contributed by atoms with Gasteiger partial charge in [-0.05, 0) is 18.2 Å². The van der Waals surface area contributed by atoms with Crippen LogP contribution in [0.4, 0.5) is 11.5 Å². The molecule has 0 saturated carbocycles. The van der Waals surface area contributed by atoms with Crippen molar-refractivity contribution in [2.75, 3.05) is 26.1 Å². The lowest BCUT2D eigenvalue weighted by atomic mass is 10.2. The Hall–Kier alpha value is -3.28. The molecule has 0 amide bonds. The molecule has 1 aromatic carbocycles. The van der Waals surface area contributed by atoms with Gasteiger partial charge in [0.2, 0.25) is 0 Å². The molecule has 3 heterocycles. The van der Waals surface area contributed by atoms with Gasteiger partial charge >= 0.3 is 0 Å². The summed E-state index contributed by atoms with van der Waals surface area (Å²) in [6, 6.07) is 9.68. The number of aromatic nitrogens is 2. The number of aromatic amines is 1. The van der Waals surface area contributed by atoms with Crippen LogP contribution in [0.15, 0.2) is 47.6 Å². The molecule has 0 spiro atoms. The van der Waals surface area contributed by atoms with E-state index in [2.05, 4.69) is 32.4 Å². The summed E-state index contributed by atoms with van der Waals surface area (Å²) >= 11 is 0. The quantitative estimate of drug-likeness (QED) is 0.744. The lowest BCUT2D eigenvalue weighted by Gasteiger charge is -2.12. The molecule has 4 rings (SSSR count). The molecule has 0 aliphatic carbocycles. The SMILES string of the molecule is COc1ccc(Nc2cc3[nH]c(C4=CCN=C4)cc3cn2)c(OC)c1. The van der Waals surface area contributed by atoms with Crippen LogP contribution in [0.3, 0.4) is 0 Å². The monoisotopic (exact) mass is 334 g/mol. The zero-order valence-electron chi connectivity index (χ0n) is 14.0. The number of pyridine rings is 1. The molecule has 1 aliphatic heterocycles. The number of allylic oxidation sites excluding steroid dienone is 1. The van der Waals surface area contributed by atoms with Crippen molar-refractivity contribution >= 4 is 34.2 Å². The van der Waals surface area contributed by atoms with E-state index < -0.39 is 0 Å². The van der Waals surface area contributed by atoms with E-state index in [4.69, 9.17) is 9.47 Å². The van der Waals surface area contributed by atoms with Crippen molar-refractivity contribution in [3.8, 4) is 11.5 Å². The first-order chi connectivity index (χ1) is 12.3. The molecular formula is C19H18N4O2. The molecule has 0 radical (unpaired) electrons. The Morgan fingerprint density at radius 3 is 2.80 bits per heavy atom. The van der Waals surface area contributed by atoms with Crippen molar-refractivity contribution in [1.29, 1.82) is 0 Å². The zero-order chi connectivity index (χ0) is 17.2. The largest absolute Gasteiger partial charge is 0.497 e. The second kappa shape index (κ2) is 6.32. The molecule has 3 aromatic rings. The van der Waals surface area contributed by atoms with Crippen molar-refractivity contribution in [3.05, 3.63) is 48.3 Å². The highest BCUT2D eigenvalue weighted by atomic mass is 16.5. The van der Waals surface area contributed by atoms with E-state index in [0.29, 0.717) is 5.75 Å². The van der Waals surface area contributed by atoms with Crippen LogP contribution in [0.2, 0.25) is 0 Å². The minimum absolute atomic E-state index is 0.695. The summed E-state index contributed by atoms with van der Waals surface area (Å²) in [5.74, 6) is 2.17. The summed E-state index contributed by atoms with van der Waals surface area (Å²) in [7, 11) is 3.26. The Morgan fingerprint density at radius 1 is 1.12 bits per heavy atom. The molecule has 2 N–H and O–H groups in total. The molecular weight excluding hydrogens is 316 g/mol. The second-order valence-corrected chi connectivity index (χ2v) is 5.68. The predicted octanol–water partition coefficient (Wildman–Crippen LogP) is 3.79. The number of hydrogen-bond donors (Lipinski definition) is 2. The van der Waals surface area contributed by atoms with Crippen LogP contribution in [0, 0.1) is 0 Å². The zero-order valence-corrected chi connectivity index (χ0v) is 14.0. The van der Waals surface area contributed by atoms with Crippen molar-refractivity contribution in [1.82, 2.24) is 9.97 Å². The third-order valence-electron chi connectivity index (χ3n) is 4.13. The number of aliphatic imine (C=N–C) groups is 1. The van der Waals surface area contributed by atoms with E-state index in [-0.39, 0.29) is 0 Å². The van der Waals surface area contributed by atoms with Gasteiger partial charge in [-0.3, -0.25) is 4.99 Å². The van der Waals surface area contributed by atoms with Crippen molar-refractivity contribution in [3.63, 3.8) is 0 Å². The van der Waals surface area contributed by atoms with Gasteiger partial charge in [0, 0.05) is 41.2 Å². The molecule has 0 fully saturated rings. The lowest BCUT2D eigenvalue weighted by Crippen LogP contribution is -1.97. The Labute approximate surface area is 145 Å². The van der Waals surface area contributed by atoms with Gasteiger partial charge in [-0.15, -0.1) is 0 Å². The number of H-pyrrole nitrogens is 1. The number of hydrogen-bond acceptors (Lipinski definition) is 5. The van der Waals surface area contributed by atoms with E-state index in [1.165, 1.54) is 0 Å². The van der Waals surface area contributed by atoms with Crippen molar-refractivity contribution in [2.24, 2.45) is 4.99 Å². The molecule has 1 aliphatic rings. The third kappa shape index (κ3) is 2.94. The number of benzene rings is 1. The summed E-state index contributed by atoms with van der Waals surface area (Å²) in [6.07, 6.45) is 5.83. The van der Waals surface area contributed by atoms with Crippen molar-refractivity contribution < 1.29 is 9.47 Å². The van der Waals surface area contributed by atoms with E-state index in [0.717, 1.165) is 46.0 Å². The fourth-order valence-corrected chi connectivity index (χ4v) is 2.82. The van der Waals surface area contributed by atoms with Gasteiger partial charge in [0.15, 0.2) is 0 Å². The topological polar surface area (TPSA) is 71.5 Å². The molecule has 6 heteroatoms. The molecule has 6 nitrogen and oxygen atoms in total. The highest BCUT2D eigenvalue weighted by molar-refractivity contribution is 6.12. The number of nitrogens with one attached hydrogen (secondary N) is 2. The number of anilines is 2. The van der Waals surface area contributed by atoms with Crippen LogP contribution in [-0.4, -0.2) is 36.9 Å². The Kier molecular flexibility index (Phi) is 3.85. The van der Waals surface area contributed by atoms with Crippen LogP contribution in [0.5, 0.6) is 11.5 Å². The summed E-state index contributed by atoms with van der Waals surface area (Å²) in [5.41, 5.74) is 4.01. The minimum atomic E-state index is 0.695. The van der Waals surface area contributed by atoms with E-state index >= 15 is 0 Å². The first-order valence-electron chi connectivity index (χ1n) is 7.95. The molecule has 25 heavy (non-hydrogen) atoms. The van der Waals surface area contributed by atoms with Gasteiger partial charge in [0.25, 0.3) is 0 Å². The Morgan fingerprint density at radius 2 is 2.04 bits per heavy atom. The Balaban J connectivity index is 1.65. The molecule has 126 valence electrons. The van der Waals surface area contributed by atoms with Gasteiger partial charge in [0.1, 0.15) is 17.3 Å². The lowest BCUT2D eigenvalue weighted by molar-refractivity contribution is 0.395. The predicted molar refractivity (Wildman–Crippen MR) is 100 cm³/mol. The molecule has 0 saturated heterocycles. The molecule has 2 aromatic heterocycles. The van der Waals surface area contributed by atoms with E-state index in [1.807, 2.05) is 36.7 Å². The van der Waals surface area contributed by atoms with Gasteiger partial charge in [0.05, 0.1) is 32.0 Å². The van der Waals surface area contributed by atoms with Crippen LogP contribution in [0.1, 0.15) is 5.69 Å². The number of rotatable bonds is 5. The summed E-state index contributed by atoms with van der Waals surface area (Å²) in [5, 5.41) is 4.35. The van der Waals surface area contributed by atoms with Crippen LogP contribution in [-0.2, 0) is 0 Å². The highest BCUT2D eigenvalue weighted by Crippen LogP contribution is 2.32. The summed E-state index contributed by atoms with van der Waals surface area (Å²) < 4.78 is 10.6. The van der Waals surface area contributed by atoms with Crippen molar-refractivity contribution in [2.45, 2.75) is 0 Å². The minimum Gasteiger partial charge on any atom is -0.497 e. The maximum Gasteiger partial charge on any atom is 0.146 e. The van der Waals surface area contributed by atoms with Gasteiger partial charge in [-0.2, -0.15) is 0 Å². The van der Waals surface area contributed by atoms with E-state index in [1.54, 1.807) is 14.2 Å². The number of methoxy groups -OCH3 is 2. The highest BCUT2D eigenvalue weighted by Gasteiger charge is 2.10. The number of fused-ring (bicyclic) bond motifs is 1. The standard InChI is InChI=1S/C19H18N4O2/c1-24-14-3-4-15(18(8-14)25-2)23-19-9-17-13(11-21-19)7-16(22-17)12-5-6-20-10-12/h3-5,7-11,22H,6H2,1-2H3,(H,21,23). The average Bonchev–Trinajstić information content (AvgIpc) is 3.31. The van der Waals surface area contributed by atoms with Gasteiger partial charge in [-0.25, -0.2) is 4.98 Å². The summed E-state index contributed by atoms with van der Waals surface area (Å²) in [4.78, 5) is 12.1. The first-order valence-corrected chi connectivity index (χ1v) is 7.95. The fraction of sp³-hybridized carbons (Fsp3) is 0.158. The van der Waals surface area contributed by atoms with E-state index in [9.17, 15) is 0 Å². The smallest absolute Gasteiger partial charge is 0.146 e. The van der Waals surface area contributed by atoms with Crippen LogP contribution < -0.4 is 14.8 Å². The molecule has 0 atom stereocenters. The van der Waals surface area contributed by atoms with Crippen LogP contribution >= 0.6 is 0 Å². The maximum absolute atomic E-state index is 5.42. The second-order valence-electron chi connectivity index (χ2n) is 5.68. The number of nitrogens with zero attached hydrogens (tertiary/aromatic N) is 2. The van der Waals surface area contributed by atoms with Gasteiger partial charge < -0.3 is 19.8 Å². The fourth-order valence-electron chi connectivity index (χ4n) is 2.82. The summed E-state index contributed by atoms with van der Waals surface area (Å²) in [6.45, 7) is 0.743. The third-order valence-corrected chi connectivity index (χ3v) is 4.13. The molecule has 0 unspecified atom stereocenters. The van der Waals surface area contributed by atoms with Gasteiger partial charge in [-0.1, -0.05) is 6.08 Å².